The van der Waals surface area contributed by atoms with Crippen LogP contribution in [-0.2, 0) is 0 Å². The van der Waals surface area contributed by atoms with Gasteiger partial charge in [-0.2, -0.15) is 0 Å². The topological polar surface area (TPSA) is 15.3 Å². The molecule has 0 aliphatic carbocycles. The van der Waals surface area contributed by atoms with Crippen LogP contribution >= 0.6 is 23.2 Å². The maximum absolute atomic E-state index is 13.6. The highest BCUT2D eigenvalue weighted by molar-refractivity contribution is 6.35. The Morgan fingerprint density at radius 2 is 1.95 bits per heavy atom. The first-order valence-corrected chi connectivity index (χ1v) is 7.82. The maximum atomic E-state index is 13.6. The van der Waals surface area contributed by atoms with Gasteiger partial charge in [0.1, 0.15) is 0 Å². The predicted octanol–water partition coefficient (Wildman–Crippen LogP) is 4.49. The number of rotatable bonds is 3. The molecule has 2 atom stereocenters. The molecule has 1 aromatic rings. The van der Waals surface area contributed by atoms with Gasteiger partial charge in [0.15, 0.2) is 5.82 Å². The van der Waals surface area contributed by atoms with Gasteiger partial charge in [-0.15, -0.1) is 0 Å². The molecule has 2 nitrogen and oxygen atoms in total. The van der Waals surface area contributed by atoms with E-state index in [0.717, 1.165) is 31.6 Å². The van der Waals surface area contributed by atoms with Crippen molar-refractivity contribution in [1.29, 1.82) is 0 Å². The second-order valence-electron chi connectivity index (χ2n) is 5.71. The van der Waals surface area contributed by atoms with Crippen molar-refractivity contribution < 1.29 is 4.39 Å². The fraction of sp³-hybridized carbons (Fsp3) is 0.600. The molecule has 0 aromatic heterocycles. The molecule has 112 valence electrons. The summed E-state index contributed by atoms with van der Waals surface area (Å²) in [5.74, 6) is -0.543. The lowest BCUT2D eigenvalue weighted by atomic mass is 9.92. The lowest BCUT2D eigenvalue weighted by Crippen LogP contribution is -2.62. The van der Waals surface area contributed by atoms with Crippen LogP contribution in [0.2, 0.25) is 10.0 Å². The lowest BCUT2D eigenvalue weighted by Gasteiger charge is -2.47. The van der Waals surface area contributed by atoms with E-state index in [2.05, 4.69) is 31.0 Å². The normalized spacial score (nSPS) is 26.9. The van der Waals surface area contributed by atoms with Crippen molar-refractivity contribution in [3.8, 4) is 0 Å². The number of nitrogens with zero attached hydrogens (tertiary/aromatic N) is 1. The Morgan fingerprint density at radius 1 is 1.35 bits per heavy atom. The molecule has 1 saturated heterocycles. The van der Waals surface area contributed by atoms with E-state index in [0.29, 0.717) is 6.04 Å². The van der Waals surface area contributed by atoms with E-state index < -0.39 is 5.82 Å². The van der Waals surface area contributed by atoms with Crippen molar-refractivity contribution in [1.82, 2.24) is 5.32 Å². The van der Waals surface area contributed by atoms with Crippen molar-refractivity contribution in [3.05, 3.63) is 28.0 Å². The molecule has 0 bridgehead atoms. The van der Waals surface area contributed by atoms with Crippen molar-refractivity contribution >= 4 is 28.9 Å². The van der Waals surface area contributed by atoms with Crippen LogP contribution in [-0.4, -0.2) is 24.7 Å². The SMILES string of the molecule is CCC1CNC(C)(CC)CN1c1cc(Cl)c(F)c(Cl)c1. The van der Waals surface area contributed by atoms with E-state index in [1.807, 2.05) is 0 Å². The van der Waals surface area contributed by atoms with Crippen LogP contribution in [0.25, 0.3) is 0 Å². The summed E-state index contributed by atoms with van der Waals surface area (Å²) in [7, 11) is 0. The second kappa shape index (κ2) is 6.08. The first-order valence-electron chi connectivity index (χ1n) is 7.06. The van der Waals surface area contributed by atoms with Crippen molar-refractivity contribution in [2.45, 2.75) is 45.2 Å². The Bertz CT molecular complexity index is 472. The third-order valence-corrected chi connectivity index (χ3v) is 4.83. The van der Waals surface area contributed by atoms with Gasteiger partial charge >= 0.3 is 0 Å². The largest absolute Gasteiger partial charge is 0.365 e. The molecule has 1 aromatic carbocycles. The van der Waals surface area contributed by atoms with Crippen LogP contribution in [0.1, 0.15) is 33.6 Å². The van der Waals surface area contributed by atoms with Gasteiger partial charge in [0.2, 0.25) is 0 Å². The smallest absolute Gasteiger partial charge is 0.160 e. The Balaban J connectivity index is 2.36. The summed E-state index contributed by atoms with van der Waals surface area (Å²) in [4.78, 5) is 2.29. The van der Waals surface area contributed by atoms with E-state index in [4.69, 9.17) is 23.2 Å². The molecule has 2 rings (SSSR count). The van der Waals surface area contributed by atoms with E-state index in [9.17, 15) is 4.39 Å². The third-order valence-electron chi connectivity index (χ3n) is 4.28. The first kappa shape index (κ1) is 15.9. The molecular formula is C15H21Cl2FN2. The van der Waals surface area contributed by atoms with Gasteiger partial charge in [-0.1, -0.05) is 37.0 Å². The van der Waals surface area contributed by atoms with E-state index in [1.54, 1.807) is 12.1 Å². The van der Waals surface area contributed by atoms with Gasteiger partial charge in [-0.05, 0) is 31.9 Å². The monoisotopic (exact) mass is 318 g/mol. The molecule has 5 heteroatoms. The molecule has 0 saturated carbocycles. The number of benzene rings is 1. The fourth-order valence-corrected chi connectivity index (χ4v) is 3.12. The zero-order chi connectivity index (χ0) is 14.9. The number of nitrogens with one attached hydrogen (secondary N) is 1. The van der Waals surface area contributed by atoms with Gasteiger partial charge in [0.25, 0.3) is 0 Å². The van der Waals surface area contributed by atoms with Crippen LogP contribution < -0.4 is 10.2 Å². The average molecular weight is 319 g/mol. The minimum atomic E-state index is -0.543. The van der Waals surface area contributed by atoms with E-state index >= 15 is 0 Å². The number of hydrogen-bond acceptors (Lipinski definition) is 2. The predicted molar refractivity (Wildman–Crippen MR) is 84.5 cm³/mol. The van der Waals surface area contributed by atoms with Crippen LogP contribution in [0.15, 0.2) is 12.1 Å². The van der Waals surface area contributed by atoms with Crippen LogP contribution in [0, 0.1) is 5.82 Å². The molecule has 2 unspecified atom stereocenters. The minimum Gasteiger partial charge on any atom is -0.365 e. The molecule has 1 N–H and O–H groups in total. The Kier molecular flexibility index (Phi) is 4.83. The van der Waals surface area contributed by atoms with Gasteiger partial charge in [-0.25, -0.2) is 4.39 Å². The summed E-state index contributed by atoms with van der Waals surface area (Å²) in [5.41, 5.74) is 0.952. The zero-order valence-electron chi connectivity index (χ0n) is 12.1. The number of anilines is 1. The third kappa shape index (κ3) is 3.05. The Labute approximate surface area is 130 Å². The summed E-state index contributed by atoms with van der Waals surface area (Å²) < 4.78 is 13.6. The molecule has 1 fully saturated rings. The van der Waals surface area contributed by atoms with Crippen LogP contribution in [0.5, 0.6) is 0 Å². The van der Waals surface area contributed by atoms with Gasteiger partial charge in [0, 0.05) is 30.4 Å². The lowest BCUT2D eigenvalue weighted by molar-refractivity contribution is 0.276. The fourth-order valence-electron chi connectivity index (χ4n) is 2.65. The highest BCUT2D eigenvalue weighted by atomic mass is 35.5. The van der Waals surface area contributed by atoms with E-state index in [-0.39, 0.29) is 15.6 Å². The summed E-state index contributed by atoms with van der Waals surface area (Å²) in [6.45, 7) is 8.30. The minimum absolute atomic E-state index is 0.0546. The molecule has 0 spiro atoms. The zero-order valence-corrected chi connectivity index (χ0v) is 13.7. The first-order chi connectivity index (χ1) is 9.40. The Hall–Kier alpha value is -0.510. The Morgan fingerprint density at radius 3 is 2.45 bits per heavy atom. The molecule has 20 heavy (non-hydrogen) atoms. The quantitative estimate of drug-likeness (QED) is 0.826. The maximum Gasteiger partial charge on any atom is 0.160 e. The average Bonchev–Trinajstić information content (AvgIpc) is 2.44. The number of hydrogen-bond donors (Lipinski definition) is 1. The summed E-state index contributed by atoms with van der Waals surface area (Å²) >= 11 is 11.9. The standard InChI is InChI=1S/C15H21Cl2FN2/c1-4-10-8-19-15(3,5-2)9-20(10)11-6-12(16)14(18)13(17)7-11/h6-7,10,19H,4-5,8-9H2,1-3H3. The van der Waals surface area contributed by atoms with Gasteiger partial charge in [0.05, 0.1) is 10.0 Å². The highest BCUT2D eigenvalue weighted by Crippen LogP contribution is 2.33. The van der Waals surface area contributed by atoms with Gasteiger partial charge < -0.3 is 10.2 Å². The molecular weight excluding hydrogens is 298 g/mol. The molecule has 1 aliphatic heterocycles. The second-order valence-corrected chi connectivity index (χ2v) is 6.52. The molecule has 1 heterocycles. The summed E-state index contributed by atoms with van der Waals surface area (Å²) in [5, 5.41) is 3.77. The van der Waals surface area contributed by atoms with Crippen LogP contribution in [0.4, 0.5) is 10.1 Å². The number of halogens is 3. The summed E-state index contributed by atoms with van der Waals surface area (Å²) in [6.07, 6.45) is 2.04. The van der Waals surface area contributed by atoms with Crippen molar-refractivity contribution in [3.63, 3.8) is 0 Å². The van der Waals surface area contributed by atoms with E-state index in [1.165, 1.54) is 0 Å². The van der Waals surface area contributed by atoms with Crippen molar-refractivity contribution in [2.75, 3.05) is 18.0 Å². The number of piperazine rings is 1. The summed E-state index contributed by atoms with van der Waals surface area (Å²) in [6, 6.07) is 3.71. The molecule has 0 amide bonds. The highest BCUT2D eigenvalue weighted by Gasteiger charge is 2.34. The van der Waals surface area contributed by atoms with Gasteiger partial charge in [-0.3, -0.25) is 0 Å². The molecule has 0 radical (unpaired) electrons. The van der Waals surface area contributed by atoms with Crippen molar-refractivity contribution in [2.24, 2.45) is 0 Å². The van der Waals surface area contributed by atoms with Crippen LogP contribution in [0.3, 0.4) is 0 Å². The molecule has 1 aliphatic rings.